The second kappa shape index (κ2) is 29.8. The summed E-state index contributed by atoms with van der Waals surface area (Å²) in [4.78, 5) is 0. The molecule has 0 fully saturated rings. The molecular weight excluding hydrogens is 881 g/mol. The molecule has 10 heteroatoms. The van der Waals surface area contributed by atoms with Gasteiger partial charge >= 0.3 is 0 Å². The number of hydrogen-bond donors (Lipinski definition) is 7. The molecule has 0 bridgehead atoms. The van der Waals surface area contributed by atoms with E-state index >= 15 is 0 Å². The van der Waals surface area contributed by atoms with Crippen molar-refractivity contribution in [2.75, 3.05) is 21.3 Å². The fraction of sp³-hybridized carbons (Fsp3) is 0.311. The van der Waals surface area contributed by atoms with Crippen molar-refractivity contribution in [3.05, 3.63) is 231 Å². The predicted molar refractivity (Wildman–Crippen MR) is 292 cm³/mol. The minimum absolute atomic E-state index is 0.292. The monoisotopic (exact) mass is 959 g/mol. The Hall–Kier alpha value is -6.34. The van der Waals surface area contributed by atoms with Crippen molar-refractivity contribution < 1.29 is 19.3 Å². The highest BCUT2D eigenvalue weighted by Gasteiger charge is 2.19. The average molecular weight is 959 g/mol. The molecule has 71 heavy (non-hydrogen) atoms. The Kier molecular flexibility index (Phi) is 23.3. The number of aliphatic hydroxyl groups excluding tert-OH is 1. The lowest BCUT2D eigenvalue weighted by Crippen LogP contribution is -2.19. The van der Waals surface area contributed by atoms with Crippen molar-refractivity contribution in [1.29, 1.82) is 0 Å². The van der Waals surface area contributed by atoms with E-state index in [1.54, 1.807) is 21.3 Å². The van der Waals surface area contributed by atoms with Crippen LogP contribution in [0.1, 0.15) is 112 Å². The molecule has 0 radical (unpaired) electrons. The highest BCUT2D eigenvalue weighted by molar-refractivity contribution is 5.44. The van der Waals surface area contributed by atoms with Gasteiger partial charge in [0.2, 0.25) is 0 Å². The molecule has 0 heterocycles. The summed E-state index contributed by atoms with van der Waals surface area (Å²) in [5, 5.41) is 10.1. The Morgan fingerprint density at radius 3 is 1.49 bits per heavy atom. The third-order valence-corrected chi connectivity index (χ3v) is 13.0. The Balaban J connectivity index is 0.000000160. The van der Waals surface area contributed by atoms with Gasteiger partial charge < -0.3 is 53.7 Å². The van der Waals surface area contributed by atoms with Crippen molar-refractivity contribution in [3.63, 3.8) is 0 Å². The largest absolute Gasteiger partial charge is 0.496 e. The summed E-state index contributed by atoms with van der Waals surface area (Å²) in [5.41, 5.74) is 48.2. The van der Waals surface area contributed by atoms with Gasteiger partial charge in [0, 0.05) is 36.8 Å². The molecule has 0 saturated heterocycles. The van der Waals surface area contributed by atoms with E-state index in [1.165, 1.54) is 51.8 Å². The molecule has 7 aromatic rings. The topological polar surface area (TPSA) is 204 Å². The summed E-state index contributed by atoms with van der Waals surface area (Å²) < 4.78 is 15.4. The van der Waals surface area contributed by atoms with Crippen molar-refractivity contribution in [1.82, 2.24) is 0 Å². The molecular formula is C61H78N6O4. The second-order valence-electron chi connectivity index (χ2n) is 17.8. The first-order valence-electron chi connectivity index (χ1n) is 24.8. The van der Waals surface area contributed by atoms with E-state index in [4.69, 9.17) is 48.6 Å². The zero-order valence-electron chi connectivity index (χ0n) is 42.3. The Bertz CT molecular complexity index is 2520. The predicted octanol–water partition coefficient (Wildman–Crippen LogP) is 10.1. The molecule has 10 rings (SSSR count). The van der Waals surface area contributed by atoms with Gasteiger partial charge in [-0.1, -0.05) is 159 Å². The summed E-state index contributed by atoms with van der Waals surface area (Å²) >= 11 is 0. The number of benzene rings is 7. The van der Waals surface area contributed by atoms with E-state index in [-0.39, 0.29) is 6.04 Å². The number of aryl methyl sites for hydroxylation is 3. The van der Waals surface area contributed by atoms with Crippen LogP contribution in [-0.4, -0.2) is 32.5 Å². The Morgan fingerprint density at radius 2 is 1.00 bits per heavy atom. The molecule has 13 N–H and O–H groups in total. The van der Waals surface area contributed by atoms with Crippen LogP contribution in [0.5, 0.6) is 17.2 Å². The lowest BCUT2D eigenvalue weighted by molar-refractivity contribution is 0.147. The molecule has 3 aliphatic rings. The zero-order valence-corrected chi connectivity index (χ0v) is 42.3. The van der Waals surface area contributed by atoms with Crippen LogP contribution in [0, 0.1) is 0 Å². The van der Waals surface area contributed by atoms with Crippen LogP contribution in [0.4, 0.5) is 0 Å². The van der Waals surface area contributed by atoms with Crippen LogP contribution in [0.2, 0.25) is 0 Å². The van der Waals surface area contributed by atoms with Gasteiger partial charge in [0.25, 0.3) is 0 Å². The van der Waals surface area contributed by atoms with E-state index < -0.39 is 6.10 Å². The van der Waals surface area contributed by atoms with Gasteiger partial charge in [-0.3, -0.25) is 0 Å². The normalized spacial score (nSPS) is 15.7. The van der Waals surface area contributed by atoms with E-state index in [0.29, 0.717) is 31.2 Å². The third kappa shape index (κ3) is 16.6. The first kappa shape index (κ1) is 55.6. The minimum atomic E-state index is -0.663. The van der Waals surface area contributed by atoms with Gasteiger partial charge in [-0.2, -0.15) is 0 Å². The number of methoxy groups -OCH3 is 3. The van der Waals surface area contributed by atoms with Crippen molar-refractivity contribution in [2.24, 2.45) is 34.4 Å². The van der Waals surface area contributed by atoms with Gasteiger partial charge in [0.1, 0.15) is 17.2 Å². The lowest BCUT2D eigenvalue weighted by atomic mass is 9.88. The fourth-order valence-electron chi connectivity index (χ4n) is 9.05. The smallest absolute Gasteiger partial charge is 0.127 e. The first-order valence-corrected chi connectivity index (χ1v) is 24.8. The Morgan fingerprint density at radius 1 is 0.521 bits per heavy atom. The van der Waals surface area contributed by atoms with Gasteiger partial charge in [0.15, 0.2) is 0 Å². The molecule has 7 aromatic carbocycles. The van der Waals surface area contributed by atoms with Crippen molar-refractivity contribution in [3.8, 4) is 17.2 Å². The first-order chi connectivity index (χ1) is 34.5. The van der Waals surface area contributed by atoms with E-state index in [1.807, 2.05) is 91.0 Å². The van der Waals surface area contributed by atoms with Crippen LogP contribution in [-0.2, 0) is 45.2 Å². The van der Waals surface area contributed by atoms with Gasteiger partial charge in [-0.15, -0.1) is 0 Å². The van der Waals surface area contributed by atoms with Crippen LogP contribution in [0.15, 0.2) is 170 Å². The molecule has 0 aromatic heterocycles. The summed E-state index contributed by atoms with van der Waals surface area (Å²) in [6.07, 6.45) is 8.35. The lowest BCUT2D eigenvalue weighted by Gasteiger charge is -2.21. The van der Waals surface area contributed by atoms with Crippen molar-refractivity contribution >= 4 is 0 Å². The maximum absolute atomic E-state index is 10.1. The van der Waals surface area contributed by atoms with Gasteiger partial charge in [0.05, 0.1) is 33.5 Å². The Labute approximate surface area is 423 Å². The molecule has 0 aliphatic heterocycles. The van der Waals surface area contributed by atoms with Crippen molar-refractivity contribution in [2.45, 2.75) is 102 Å². The van der Waals surface area contributed by atoms with Crippen LogP contribution < -0.4 is 48.6 Å². The van der Waals surface area contributed by atoms with E-state index in [0.717, 1.165) is 78.0 Å². The molecule has 3 aliphatic carbocycles. The number of fused-ring (bicyclic) bond motifs is 3. The van der Waals surface area contributed by atoms with Crippen LogP contribution in [0.25, 0.3) is 0 Å². The van der Waals surface area contributed by atoms with E-state index in [9.17, 15) is 5.11 Å². The summed E-state index contributed by atoms with van der Waals surface area (Å²) in [5.74, 6) is 2.50. The number of rotatable bonds is 9. The standard InChI is InChI=1S/C14H15NO.C10H15NO.C10H13N.C9H13NO2.2C9H11N/c15-13(11-7-3-1-4-8-11)14(16)12-9-5-2-6-10-12;1-3-9-6-8(7-11)4-5-10(9)12-2;11-10-7-3-5-8-4-1-2-6-9(8)10;1-11-8-4-3-5-9(12-2)7(8)6-10;10-9-5-7-3-1-2-4-8(7)6-9;10-9-6-5-7-3-1-2-4-8(7)9/h1-10,13-14,16H,15H2;4-6H,3,7,11H2,1-2H3;1-2,4,6,10H,3,5,7,11H2;3-5H,6,10H2,1-2H3;2*1-4,9H,5-6,10H2/t13-,14+;;10-;;;9-/m1.0..0/s1. The summed E-state index contributed by atoms with van der Waals surface area (Å²) in [7, 11) is 4.93. The molecule has 376 valence electrons. The highest BCUT2D eigenvalue weighted by Crippen LogP contribution is 2.30. The number of ether oxygens (including phenoxy) is 3. The number of hydrogen-bond acceptors (Lipinski definition) is 10. The van der Waals surface area contributed by atoms with Gasteiger partial charge in [-0.25, -0.2) is 0 Å². The maximum atomic E-state index is 10.1. The SMILES string of the molecule is CCc1cc(CN)ccc1OC.COc1cccc(OC)c1CN.NC1Cc2ccccc2C1.N[C@H](c1ccccc1)[C@@H](O)c1ccccc1.N[C@H]1CCCc2ccccc21.N[C@H]1CCc2ccccc21. The highest BCUT2D eigenvalue weighted by atomic mass is 16.5. The zero-order chi connectivity index (χ0) is 51.0. The number of nitrogens with two attached hydrogens (primary N) is 6. The molecule has 4 atom stereocenters. The van der Waals surface area contributed by atoms with Crippen LogP contribution >= 0.6 is 0 Å². The minimum Gasteiger partial charge on any atom is -0.496 e. The molecule has 0 saturated carbocycles. The van der Waals surface area contributed by atoms with Gasteiger partial charge in [-0.05, 0) is 125 Å². The molecule has 0 amide bonds. The summed E-state index contributed by atoms with van der Waals surface area (Å²) in [6, 6.07) is 56.8. The van der Waals surface area contributed by atoms with Crippen LogP contribution in [0.3, 0.4) is 0 Å². The maximum Gasteiger partial charge on any atom is 0.127 e. The molecule has 0 unspecified atom stereocenters. The molecule has 10 nitrogen and oxygen atoms in total. The molecule has 0 spiro atoms. The quantitative estimate of drug-likeness (QED) is 0.0730. The number of aliphatic hydroxyl groups is 1. The second-order valence-corrected chi connectivity index (χ2v) is 17.8. The summed E-state index contributed by atoms with van der Waals surface area (Å²) in [6.45, 7) is 3.13. The van der Waals surface area contributed by atoms with E-state index in [2.05, 4.69) is 85.8 Å². The fourth-order valence-corrected chi connectivity index (χ4v) is 9.05. The average Bonchev–Trinajstić information content (AvgIpc) is 4.02. The third-order valence-electron chi connectivity index (χ3n) is 13.0.